The molecular weight excluding hydrogens is 837 g/mol. The average Bonchev–Trinajstić information content (AvgIpc) is 4.08. The molecule has 324 valence electrons. The SMILES string of the molecule is C=C/C=C\c1cc2ccccc2n1-c1cc(-c2cncc(-c3ccc(-n4c5ccc(-c6ccccc6)cc5c5cc(-c6ccccc6)ccc54)cc3)c2)cc(-n2c3ccccc3c3ccccc32)c1. The first-order valence-corrected chi connectivity index (χ1v) is 23.5. The topological polar surface area (TPSA) is 27.7 Å². The van der Waals surface area contributed by atoms with Crippen molar-refractivity contribution in [3.8, 4) is 61.6 Å². The monoisotopic (exact) mass is 880 g/mol. The third-order valence-electron chi connectivity index (χ3n) is 13.7. The quantitative estimate of drug-likeness (QED) is 0.133. The molecule has 0 saturated carbocycles. The maximum Gasteiger partial charge on any atom is 0.0541 e. The van der Waals surface area contributed by atoms with Crippen LogP contribution in [-0.4, -0.2) is 18.7 Å². The highest BCUT2D eigenvalue weighted by Crippen LogP contribution is 2.40. The zero-order chi connectivity index (χ0) is 45.8. The molecule has 9 aromatic carbocycles. The molecule has 0 saturated heterocycles. The number of allylic oxidation sites excluding steroid dienone is 2. The van der Waals surface area contributed by atoms with E-state index in [4.69, 9.17) is 4.98 Å². The highest BCUT2D eigenvalue weighted by molar-refractivity contribution is 6.12. The van der Waals surface area contributed by atoms with Gasteiger partial charge in [0.15, 0.2) is 0 Å². The first-order valence-electron chi connectivity index (χ1n) is 23.5. The smallest absolute Gasteiger partial charge is 0.0541 e. The van der Waals surface area contributed by atoms with E-state index >= 15 is 0 Å². The minimum atomic E-state index is 1.03. The van der Waals surface area contributed by atoms with Crippen molar-refractivity contribution in [3.63, 3.8) is 0 Å². The van der Waals surface area contributed by atoms with Gasteiger partial charge in [-0.15, -0.1) is 0 Å². The molecule has 13 rings (SSSR count). The number of aromatic nitrogens is 4. The molecule has 0 fully saturated rings. The van der Waals surface area contributed by atoms with Gasteiger partial charge in [-0.3, -0.25) is 4.98 Å². The van der Waals surface area contributed by atoms with E-state index in [0.29, 0.717) is 0 Å². The largest absolute Gasteiger partial charge is 0.310 e. The number of benzene rings is 9. The van der Waals surface area contributed by atoms with Gasteiger partial charge in [-0.2, -0.15) is 0 Å². The van der Waals surface area contributed by atoms with Crippen molar-refractivity contribution in [1.82, 2.24) is 18.7 Å². The number of hydrogen-bond acceptors (Lipinski definition) is 1. The van der Waals surface area contributed by atoms with Crippen LogP contribution in [0.5, 0.6) is 0 Å². The second kappa shape index (κ2) is 16.6. The molecule has 0 aliphatic heterocycles. The van der Waals surface area contributed by atoms with Crippen LogP contribution in [0.2, 0.25) is 0 Å². The molecule has 69 heavy (non-hydrogen) atoms. The van der Waals surface area contributed by atoms with E-state index in [9.17, 15) is 0 Å². The standard InChI is InChI=1S/C65H44N4/c1-2-3-21-54-36-49-20-10-13-24-61(49)67(54)55-37-50(38-56(41-55)69-62-25-14-11-22-57(62)58-23-12-15-26-63(58)69)52-35-51(42-66-43-52)46-27-31-53(32-28-46)68-64-33-29-47(44-16-6-4-7-17-44)39-59(64)60-40-48(30-34-65(60)68)45-18-8-5-9-19-45/h2-43H,1H2/b21-3-. The van der Waals surface area contributed by atoms with Gasteiger partial charge in [0.2, 0.25) is 0 Å². The normalized spacial score (nSPS) is 11.8. The fourth-order valence-electron chi connectivity index (χ4n) is 10.5. The Kier molecular flexibility index (Phi) is 9.62. The van der Waals surface area contributed by atoms with Crippen LogP contribution in [0.3, 0.4) is 0 Å². The molecule has 4 nitrogen and oxygen atoms in total. The lowest BCUT2D eigenvalue weighted by Gasteiger charge is -2.16. The molecule has 0 N–H and O–H groups in total. The summed E-state index contributed by atoms with van der Waals surface area (Å²) in [6.07, 6.45) is 9.94. The van der Waals surface area contributed by atoms with Crippen molar-refractivity contribution in [2.24, 2.45) is 0 Å². The molecule has 0 amide bonds. The van der Waals surface area contributed by atoms with Crippen molar-refractivity contribution in [2.75, 3.05) is 0 Å². The number of hydrogen-bond donors (Lipinski definition) is 0. The van der Waals surface area contributed by atoms with E-state index in [-0.39, 0.29) is 0 Å². The third-order valence-corrected chi connectivity index (χ3v) is 13.7. The van der Waals surface area contributed by atoms with Gasteiger partial charge in [0.05, 0.1) is 27.6 Å². The van der Waals surface area contributed by atoms with E-state index in [1.165, 1.54) is 60.2 Å². The van der Waals surface area contributed by atoms with Crippen molar-refractivity contribution in [2.45, 2.75) is 0 Å². The Balaban J connectivity index is 0.944. The minimum absolute atomic E-state index is 1.03. The van der Waals surface area contributed by atoms with Gasteiger partial charge >= 0.3 is 0 Å². The van der Waals surface area contributed by atoms with Gasteiger partial charge in [-0.25, -0.2) is 0 Å². The highest BCUT2D eigenvalue weighted by atomic mass is 15.0. The number of fused-ring (bicyclic) bond motifs is 7. The van der Waals surface area contributed by atoms with Crippen molar-refractivity contribution in [1.29, 1.82) is 0 Å². The minimum Gasteiger partial charge on any atom is -0.310 e. The predicted octanol–water partition coefficient (Wildman–Crippen LogP) is 17.1. The van der Waals surface area contributed by atoms with Gasteiger partial charge in [0.1, 0.15) is 0 Å². The molecule has 0 atom stereocenters. The lowest BCUT2D eigenvalue weighted by atomic mass is 10.0. The zero-order valence-electron chi connectivity index (χ0n) is 37.7. The summed E-state index contributed by atoms with van der Waals surface area (Å²) in [5, 5.41) is 6.08. The predicted molar refractivity (Wildman–Crippen MR) is 291 cm³/mol. The molecule has 0 unspecified atom stereocenters. The highest BCUT2D eigenvalue weighted by Gasteiger charge is 2.18. The lowest BCUT2D eigenvalue weighted by molar-refractivity contribution is 1.09. The molecular formula is C65H44N4. The molecule has 0 radical (unpaired) electrons. The maximum absolute atomic E-state index is 4.91. The molecule has 13 aromatic rings. The summed E-state index contributed by atoms with van der Waals surface area (Å²) in [5.74, 6) is 0. The summed E-state index contributed by atoms with van der Waals surface area (Å²) in [6.45, 7) is 3.98. The first-order chi connectivity index (χ1) is 34.2. The molecule has 4 heteroatoms. The summed E-state index contributed by atoms with van der Waals surface area (Å²) in [7, 11) is 0. The third kappa shape index (κ3) is 6.89. The van der Waals surface area contributed by atoms with Crippen LogP contribution in [0.25, 0.3) is 122 Å². The molecule has 0 bridgehead atoms. The number of rotatable bonds is 9. The fraction of sp³-hybridized carbons (Fsp3) is 0. The Hall–Kier alpha value is -9.25. The fourth-order valence-corrected chi connectivity index (χ4v) is 10.5. The molecule has 4 heterocycles. The maximum atomic E-state index is 4.91. The summed E-state index contributed by atoms with van der Waals surface area (Å²) in [4.78, 5) is 4.91. The van der Waals surface area contributed by atoms with Gasteiger partial charge in [-0.05, 0) is 124 Å². The van der Waals surface area contributed by atoms with Gasteiger partial charge in [-0.1, -0.05) is 158 Å². The van der Waals surface area contributed by atoms with Crippen LogP contribution in [0.15, 0.2) is 256 Å². The second-order valence-corrected chi connectivity index (χ2v) is 17.7. The molecule has 4 aromatic heterocycles. The van der Waals surface area contributed by atoms with E-state index in [1.54, 1.807) is 0 Å². The van der Waals surface area contributed by atoms with E-state index in [2.05, 4.69) is 251 Å². The first kappa shape index (κ1) is 40.1. The van der Waals surface area contributed by atoms with Gasteiger partial charge in [0.25, 0.3) is 0 Å². The van der Waals surface area contributed by atoms with Crippen molar-refractivity contribution >= 4 is 60.6 Å². The van der Waals surface area contributed by atoms with Gasteiger partial charge < -0.3 is 13.7 Å². The van der Waals surface area contributed by atoms with E-state index in [1.807, 2.05) is 24.5 Å². The lowest BCUT2D eigenvalue weighted by Crippen LogP contribution is -2.01. The van der Waals surface area contributed by atoms with Crippen LogP contribution >= 0.6 is 0 Å². The number of nitrogens with zero attached hydrogens (tertiary/aromatic N) is 4. The average molecular weight is 881 g/mol. The van der Waals surface area contributed by atoms with Crippen LogP contribution in [0.1, 0.15) is 5.69 Å². The van der Waals surface area contributed by atoms with Crippen molar-refractivity contribution < 1.29 is 0 Å². The Morgan fingerprint density at radius 1 is 0.319 bits per heavy atom. The molecule has 0 aliphatic carbocycles. The van der Waals surface area contributed by atoms with Crippen LogP contribution in [-0.2, 0) is 0 Å². The number of para-hydroxylation sites is 3. The Labute approximate surface area is 400 Å². The Morgan fingerprint density at radius 2 is 0.797 bits per heavy atom. The Morgan fingerprint density at radius 3 is 1.41 bits per heavy atom. The molecule has 0 aliphatic rings. The van der Waals surface area contributed by atoms with Crippen LogP contribution in [0, 0.1) is 0 Å². The summed E-state index contributed by atoms with van der Waals surface area (Å²) in [6, 6.07) is 81.4. The van der Waals surface area contributed by atoms with Crippen molar-refractivity contribution in [3.05, 3.63) is 261 Å². The summed E-state index contributed by atoms with van der Waals surface area (Å²) >= 11 is 0. The Bertz CT molecular complexity index is 3980. The zero-order valence-corrected chi connectivity index (χ0v) is 37.7. The summed E-state index contributed by atoms with van der Waals surface area (Å²) in [5.41, 5.74) is 19.2. The van der Waals surface area contributed by atoms with E-state index < -0.39 is 0 Å². The summed E-state index contributed by atoms with van der Waals surface area (Å²) < 4.78 is 7.15. The van der Waals surface area contributed by atoms with E-state index in [0.717, 1.165) is 61.6 Å². The van der Waals surface area contributed by atoms with Crippen LogP contribution in [0.4, 0.5) is 0 Å². The van der Waals surface area contributed by atoms with Crippen LogP contribution < -0.4 is 0 Å². The molecule has 0 spiro atoms. The number of pyridine rings is 1. The van der Waals surface area contributed by atoms with Gasteiger partial charge in [0, 0.05) is 73.2 Å². The second-order valence-electron chi connectivity index (χ2n) is 17.7.